The zero-order valence-electron chi connectivity index (χ0n) is 32.3. The van der Waals surface area contributed by atoms with E-state index in [0.717, 1.165) is 50.1 Å². The standard InChI is InChI=1S/C51H48O4/c1-32-26-39(22-24-45(32)52)50(5,37-18-12-8-13-19-37)41-28-34(3)48(54)43(30-41)47(36-16-10-7-11-17-36)44-31-42(29-35(4)49(44)55)51(6,38-20-14-9-15-21-38)40-23-25-46(53)33(2)27-40/h7-31,47,52-55H,1-6H3. The first-order chi connectivity index (χ1) is 26.3. The fourth-order valence-corrected chi connectivity index (χ4v) is 8.28. The molecule has 276 valence electrons. The molecule has 4 heteroatoms. The quantitative estimate of drug-likeness (QED) is 0.112. The van der Waals surface area contributed by atoms with Gasteiger partial charge in [-0.25, -0.2) is 0 Å². The molecule has 0 fully saturated rings. The molecule has 4 nitrogen and oxygen atoms in total. The molecule has 0 heterocycles. The maximum absolute atomic E-state index is 12.2. The van der Waals surface area contributed by atoms with Gasteiger partial charge < -0.3 is 20.4 Å². The van der Waals surface area contributed by atoms with Gasteiger partial charge >= 0.3 is 0 Å². The van der Waals surface area contributed by atoms with Crippen molar-refractivity contribution in [2.24, 2.45) is 0 Å². The summed E-state index contributed by atoms with van der Waals surface area (Å²) >= 11 is 0. The highest BCUT2D eigenvalue weighted by molar-refractivity contribution is 5.63. The molecule has 0 spiro atoms. The number of hydrogen-bond donors (Lipinski definition) is 4. The lowest BCUT2D eigenvalue weighted by Crippen LogP contribution is -2.26. The van der Waals surface area contributed by atoms with Gasteiger partial charge in [-0.05, 0) is 127 Å². The van der Waals surface area contributed by atoms with Gasteiger partial charge in [0.1, 0.15) is 23.0 Å². The average molecular weight is 725 g/mol. The fraction of sp³-hybridized carbons (Fsp3) is 0.176. The van der Waals surface area contributed by atoms with Crippen LogP contribution in [0.2, 0.25) is 0 Å². The molecule has 0 saturated carbocycles. The SMILES string of the molecule is Cc1cc(C(C)(c2ccccc2)c2cc(C)c(O)c(C(c3ccccc3)c3cc(C(C)(c4ccccc4)c4ccc(O)c(C)c4)cc(C)c3O)c2)ccc1O. The minimum Gasteiger partial charge on any atom is -0.508 e. The van der Waals surface area contributed by atoms with E-state index in [-0.39, 0.29) is 23.0 Å². The summed E-state index contributed by atoms with van der Waals surface area (Å²) < 4.78 is 0. The van der Waals surface area contributed by atoms with Gasteiger partial charge in [0.15, 0.2) is 0 Å². The Morgan fingerprint density at radius 1 is 0.364 bits per heavy atom. The summed E-state index contributed by atoms with van der Waals surface area (Å²) in [5.41, 5.74) is 9.99. The van der Waals surface area contributed by atoms with Gasteiger partial charge in [-0.2, -0.15) is 0 Å². The summed E-state index contributed by atoms with van der Waals surface area (Å²) in [7, 11) is 0. The summed E-state index contributed by atoms with van der Waals surface area (Å²) in [4.78, 5) is 0. The Morgan fingerprint density at radius 2 is 0.709 bits per heavy atom. The van der Waals surface area contributed by atoms with Crippen molar-refractivity contribution in [3.63, 3.8) is 0 Å². The smallest absolute Gasteiger partial charge is 0.122 e. The van der Waals surface area contributed by atoms with E-state index in [9.17, 15) is 20.4 Å². The molecule has 55 heavy (non-hydrogen) atoms. The van der Waals surface area contributed by atoms with E-state index in [1.165, 1.54) is 0 Å². The van der Waals surface area contributed by atoms with Crippen LogP contribution in [0.15, 0.2) is 152 Å². The Balaban J connectivity index is 1.52. The third-order valence-electron chi connectivity index (χ3n) is 11.8. The maximum atomic E-state index is 12.2. The summed E-state index contributed by atoms with van der Waals surface area (Å²) in [6.45, 7) is 12.1. The molecule has 0 aliphatic heterocycles. The normalized spacial score (nSPS) is 14.1. The van der Waals surface area contributed by atoms with Crippen LogP contribution in [0.3, 0.4) is 0 Å². The van der Waals surface area contributed by atoms with Crippen molar-refractivity contribution in [3.05, 3.63) is 224 Å². The van der Waals surface area contributed by atoms with Gasteiger partial charge in [-0.3, -0.25) is 0 Å². The molecule has 0 aliphatic rings. The summed E-state index contributed by atoms with van der Waals surface area (Å²) in [5.74, 6) is 0.250. The third-order valence-corrected chi connectivity index (χ3v) is 11.8. The van der Waals surface area contributed by atoms with E-state index in [1.807, 2.05) is 119 Å². The number of phenolic OH excluding ortho intramolecular Hbond substituents is 4. The van der Waals surface area contributed by atoms with Crippen LogP contribution < -0.4 is 0 Å². The van der Waals surface area contributed by atoms with Crippen LogP contribution in [0.1, 0.15) is 92.1 Å². The number of hydrogen-bond acceptors (Lipinski definition) is 4. The molecule has 2 atom stereocenters. The molecular formula is C51H48O4. The summed E-state index contributed by atoms with van der Waals surface area (Å²) in [6, 6.07) is 50.5. The van der Waals surface area contributed by atoms with E-state index in [0.29, 0.717) is 22.3 Å². The summed E-state index contributed by atoms with van der Waals surface area (Å²) in [6.07, 6.45) is 0. The maximum Gasteiger partial charge on any atom is 0.122 e. The highest BCUT2D eigenvalue weighted by Gasteiger charge is 2.37. The number of rotatable bonds is 9. The van der Waals surface area contributed by atoms with Crippen LogP contribution in [0.5, 0.6) is 23.0 Å². The Labute approximate surface area is 324 Å². The molecule has 4 N–H and O–H groups in total. The Kier molecular flexibility index (Phi) is 9.79. The van der Waals surface area contributed by atoms with Crippen molar-refractivity contribution in [2.75, 3.05) is 0 Å². The highest BCUT2D eigenvalue weighted by atomic mass is 16.3. The molecule has 7 aromatic carbocycles. The summed E-state index contributed by atoms with van der Waals surface area (Å²) in [5, 5.41) is 45.4. The zero-order valence-corrected chi connectivity index (χ0v) is 32.3. The second-order valence-electron chi connectivity index (χ2n) is 15.3. The van der Waals surface area contributed by atoms with Crippen molar-refractivity contribution in [1.29, 1.82) is 0 Å². The van der Waals surface area contributed by atoms with Gasteiger partial charge in [0.25, 0.3) is 0 Å². The fourth-order valence-electron chi connectivity index (χ4n) is 8.28. The first-order valence-electron chi connectivity index (χ1n) is 18.8. The van der Waals surface area contributed by atoms with Crippen LogP contribution in [-0.4, -0.2) is 20.4 Å². The van der Waals surface area contributed by atoms with E-state index in [4.69, 9.17) is 0 Å². The number of aromatic hydroxyl groups is 4. The monoisotopic (exact) mass is 724 g/mol. The lowest BCUT2D eigenvalue weighted by atomic mass is 9.68. The van der Waals surface area contributed by atoms with Gasteiger partial charge in [0.05, 0.1) is 0 Å². The van der Waals surface area contributed by atoms with Crippen LogP contribution in [0.25, 0.3) is 0 Å². The molecule has 7 rings (SSSR count). The van der Waals surface area contributed by atoms with Crippen molar-refractivity contribution in [2.45, 2.75) is 58.3 Å². The van der Waals surface area contributed by atoms with Crippen molar-refractivity contribution < 1.29 is 20.4 Å². The lowest BCUT2D eigenvalue weighted by Gasteiger charge is -2.35. The number of aryl methyl sites for hydroxylation is 4. The first-order valence-corrected chi connectivity index (χ1v) is 18.8. The minimum absolute atomic E-state index is 0.164. The van der Waals surface area contributed by atoms with Crippen LogP contribution in [0, 0.1) is 27.7 Å². The van der Waals surface area contributed by atoms with Crippen molar-refractivity contribution >= 4 is 0 Å². The van der Waals surface area contributed by atoms with E-state index in [1.54, 1.807) is 12.1 Å². The second-order valence-corrected chi connectivity index (χ2v) is 15.3. The van der Waals surface area contributed by atoms with Crippen LogP contribution in [0.4, 0.5) is 0 Å². The second kappa shape index (κ2) is 14.5. The highest BCUT2D eigenvalue weighted by Crippen LogP contribution is 2.49. The Bertz CT molecular complexity index is 2330. The molecule has 0 bridgehead atoms. The third kappa shape index (κ3) is 6.52. The molecule has 0 aliphatic carbocycles. The van der Waals surface area contributed by atoms with Crippen LogP contribution in [-0.2, 0) is 10.8 Å². The Hall–Kier alpha value is -6.26. The number of benzene rings is 7. The minimum atomic E-state index is -0.670. The largest absolute Gasteiger partial charge is 0.508 e. The number of phenols is 4. The van der Waals surface area contributed by atoms with Gasteiger partial charge in [-0.1, -0.05) is 127 Å². The van der Waals surface area contributed by atoms with Crippen LogP contribution >= 0.6 is 0 Å². The predicted molar refractivity (Wildman–Crippen MR) is 223 cm³/mol. The van der Waals surface area contributed by atoms with Gasteiger partial charge in [0.2, 0.25) is 0 Å². The molecule has 0 amide bonds. The van der Waals surface area contributed by atoms with Crippen molar-refractivity contribution in [1.82, 2.24) is 0 Å². The molecule has 2 unspecified atom stereocenters. The van der Waals surface area contributed by atoms with Gasteiger partial charge in [0, 0.05) is 27.9 Å². The Morgan fingerprint density at radius 3 is 1.07 bits per heavy atom. The molecule has 7 aromatic rings. The topological polar surface area (TPSA) is 80.9 Å². The van der Waals surface area contributed by atoms with E-state index >= 15 is 0 Å². The van der Waals surface area contributed by atoms with Crippen molar-refractivity contribution in [3.8, 4) is 23.0 Å². The molecule has 0 radical (unpaired) electrons. The zero-order chi connectivity index (χ0) is 39.1. The molecule has 0 saturated heterocycles. The van der Waals surface area contributed by atoms with E-state index in [2.05, 4.69) is 62.4 Å². The molecule has 0 aromatic heterocycles. The average Bonchev–Trinajstić information content (AvgIpc) is 3.20. The predicted octanol–water partition coefficient (Wildman–Crippen LogP) is 11.6. The first kappa shape index (κ1) is 37.1. The van der Waals surface area contributed by atoms with Gasteiger partial charge in [-0.15, -0.1) is 0 Å². The van der Waals surface area contributed by atoms with E-state index < -0.39 is 16.7 Å². The lowest BCUT2D eigenvalue weighted by molar-refractivity contribution is 0.453. The molecular weight excluding hydrogens is 677 g/mol.